The van der Waals surface area contributed by atoms with Crippen LogP contribution in [0, 0.1) is 0 Å². The number of carbonyl (C=O) groups excluding carboxylic acids is 1. The van der Waals surface area contributed by atoms with Gasteiger partial charge in [0.25, 0.3) is 0 Å². The summed E-state index contributed by atoms with van der Waals surface area (Å²) in [5, 5.41) is 5.78. The number of thioether (sulfide) groups is 2. The second-order valence-corrected chi connectivity index (χ2v) is 8.08. The van der Waals surface area contributed by atoms with Gasteiger partial charge in [-0.3, -0.25) is 0 Å². The van der Waals surface area contributed by atoms with Crippen LogP contribution in [-0.2, 0) is 6.54 Å². The van der Waals surface area contributed by atoms with Crippen molar-refractivity contribution >= 4 is 35.2 Å². The summed E-state index contributed by atoms with van der Waals surface area (Å²) in [6, 6.07) is 15.5. The normalized spacial score (nSPS) is 14.4. The molecule has 2 N–H and O–H groups in total. The highest BCUT2D eigenvalue weighted by Gasteiger charge is 2.18. The Balaban J connectivity index is 1.53. The lowest BCUT2D eigenvalue weighted by Gasteiger charge is -2.12. The number of anilines is 1. The number of nitrogens with one attached hydrogen (secondary N) is 2. The first-order valence-corrected chi connectivity index (χ1v) is 9.85. The highest BCUT2D eigenvalue weighted by atomic mass is 32.2. The van der Waals surface area contributed by atoms with Crippen molar-refractivity contribution in [3.05, 3.63) is 59.7 Å². The SMILES string of the molecule is COc1ccc(CNC(=O)Nc2cccc(C3SCCS3)c2)cc1. The molecule has 24 heavy (non-hydrogen) atoms. The van der Waals surface area contributed by atoms with Gasteiger partial charge in [0, 0.05) is 23.7 Å². The van der Waals surface area contributed by atoms with E-state index in [1.807, 2.05) is 59.9 Å². The number of carbonyl (C=O) groups is 1. The van der Waals surface area contributed by atoms with Gasteiger partial charge in [0.05, 0.1) is 11.7 Å². The maximum Gasteiger partial charge on any atom is 0.319 e. The molecule has 1 fully saturated rings. The summed E-state index contributed by atoms with van der Waals surface area (Å²) in [5.41, 5.74) is 3.11. The topological polar surface area (TPSA) is 50.4 Å². The zero-order valence-electron chi connectivity index (χ0n) is 13.5. The van der Waals surface area contributed by atoms with E-state index >= 15 is 0 Å². The molecule has 1 aliphatic heterocycles. The maximum absolute atomic E-state index is 12.1. The molecule has 2 aromatic carbocycles. The first-order chi connectivity index (χ1) is 11.7. The molecule has 4 nitrogen and oxygen atoms in total. The van der Waals surface area contributed by atoms with Gasteiger partial charge in [0.15, 0.2) is 0 Å². The molecular formula is C18H20N2O2S2. The molecule has 0 unspecified atom stereocenters. The summed E-state index contributed by atoms with van der Waals surface area (Å²) in [7, 11) is 1.64. The van der Waals surface area contributed by atoms with Crippen LogP contribution in [0.5, 0.6) is 5.75 Å². The second-order valence-electron chi connectivity index (χ2n) is 5.35. The lowest BCUT2D eigenvalue weighted by atomic mass is 10.2. The van der Waals surface area contributed by atoms with Gasteiger partial charge >= 0.3 is 6.03 Å². The average Bonchev–Trinajstić information content (AvgIpc) is 3.15. The van der Waals surface area contributed by atoms with Gasteiger partial charge in [-0.1, -0.05) is 24.3 Å². The summed E-state index contributed by atoms with van der Waals surface area (Å²) in [6.45, 7) is 0.476. The molecular weight excluding hydrogens is 340 g/mol. The molecule has 2 amide bonds. The predicted molar refractivity (Wildman–Crippen MR) is 103 cm³/mol. The lowest BCUT2D eigenvalue weighted by molar-refractivity contribution is 0.251. The first kappa shape index (κ1) is 17.0. The third-order valence-electron chi connectivity index (χ3n) is 3.65. The minimum atomic E-state index is -0.199. The number of methoxy groups -OCH3 is 1. The fourth-order valence-electron chi connectivity index (χ4n) is 2.41. The number of hydrogen-bond donors (Lipinski definition) is 2. The monoisotopic (exact) mass is 360 g/mol. The number of rotatable bonds is 5. The number of amides is 2. The fourth-order valence-corrected chi connectivity index (χ4v) is 5.25. The van der Waals surface area contributed by atoms with E-state index < -0.39 is 0 Å². The molecule has 0 saturated carbocycles. The molecule has 3 rings (SSSR count). The number of hydrogen-bond acceptors (Lipinski definition) is 4. The van der Waals surface area contributed by atoms with Gasteiger partial charge in [0.2, 0.25) is 0 Å². The Kier molecular flexibility index (Phi) is 5.93. The van der Waals surface area contributed by atoms with E-state index in [0.717, 1.165) is 17.0 Å². The molecule has 126 valence electrons. The van der Waals surface area contributed by atoms with Crippen LogP contribution < -0.4 is 15.4 Å². The molecule has 0 spiro atoms. The van der Waals surface area contributed by atoms with E-state index in [-0.39, 0.29) is 6.03 Å². The smallest absolute Gasteiger partial charge is 0.319 e. The fraction of sp³-hybridized carbons (Fsp3) is 0.278. The van der Waals surface area contributed by atoms with Gasteiger partial charge in [-0.15, -0.1) is 23.5 Å². The van der Waals surface area contributed by atoms with Crippen molar-refractivity contribution < 1.29 is 9.53 Å². The van der Waals surface area contributed by atoms with Crippen LogP contribution in [0.25, 0.3) is 0 Å². The third-order valence-corrected chi connectivity index (χ3v) is 6.75. The van der Waals surface area contributed by atoms with Crippen molar-refractivity contribution in [2.75, 3.05) is 23.9 Å². The molecule has 0 radical (unpaired) electrons. The molecule has 1 saturated heterocycles. The summed E-state index contributed by atoms with van der Waals surface area (Å²) in [5.74, 6) is 3.19. The van der Waals surface area contributed by atoms with Crippen molar-refractivity contribution in [3.63, 3.8) is 0 Å². The summed E-state index contributed by atoms with van der Waals surface area (Å²) < 4.78 is 5.60. The van der Waals surface area contributed by atoms with Crippen LogP contribution in [0.15, 0.2) is 48.5 Å². The second kappa shape index (κ2) is 8.35. The van der Waals surface area contributed by atoms with E-state index in [4.69, 9.17) is 4.74 Å². The Morgan fingerprint density at radius 2 is 1.92 bits per heavy atom. The molecule has 1 aliphatic rings. The average molecular weight is 361 g/mol. The van der Waals surface area contributed by atoms with E-state index in [1.165, 1.54) is 17.1 Å². The molecule has 0 aromatic heterocycles. The van der Waals surface area contributed by atoms with Gasteiger partial charge in [-0.05, 0) is 35.4 Å². The van der Waals surface area contributed by atoms with Crippen molar-refractivity contribution in [2.24, 2.45) is 0 Å². The molecule has 2 aromatic rings. The highest BCUT2D eigenvalue weighted by molar-refractivity contribution is 8.19. The summed E-state index contributed by atoms with van der Waals surface area (Å²) >= 11 is 3.92. The summed E-state index contributed by atoms with van der Waals surface area (Å²) in [4.78, 5) is 12.1. The van der Waals surface area contributed by atoms with E-state index in [0.29, 0.717) is 11.1 Å². The lowest BCUT2D eigenvalue weighted by Crippen LogP contribution is -2.28. The highest BCUT2D eigenvalue weighted by Crippen LogP contribution is 2.45. The Bertz CT molecular complexity index is 686. The molecule has 6 heteroatoms. The molecule has 0 bridgehead atoms. The molecule has 0 atom stereocenters. The van der Waals surface area contributed by atoms with Crippen molar-refractivity contribution in [1.29, 1.82) is 0 Å². The summed E-state index contributed by atoms with van der Waals surface area (Å²) in [6.07, 6.45) is 0. The van der Waals surface area contributed by atoms with Crippen LogP contribution in [-0.4, -0.2) is 24.6 Å². The van der Waals surface area contributed by atoms with Crippen LogP contribution in [0.3, 0.4) is 0 Å². The Morgan fingerprint density at radius 1 is 1.17 bits per heavy atom. The van der Waals surface area contributed by atoms with Crippen molar-refractivity contribution in [1.82, 2.24) is 5.32 Å². The minimum absolute atomic E-state index is 0.199. The van der Waals surface area contributed by atoms with Crippen LogP contribution in [0.1, 0.15) is 15.7 Å². The molecule has 0 aliphatic carbocycles. The van der Waals surface area contributed by atoms with Crippen molar-refractivity contribution in [3.8, 4) is 5.75 Å². The van der Waals surface area contributed by atoms with E-state index in [2.05, 4.69) is 22.8 Å². The van der Waals surface area contributed by atoms with E-state index in [9.17, 15) is 4.79 Å². The van der Waals surface area contributed by atoms with Gasteiger partial charge in [0.1, 0.15) is 5.75 Å². The van der Waals surface area contributed by atoms with Gasteiger partial charge in [-0.2, -0.15) is 0 Å². The largest absolute Gasteiger partial charge is 0.497 e. The third kappa shape index (κ3) is 4.61. The quantitative estimate of drug-likeness (QED) is 0.824. The Morgan fingerprint density at radius 3 is 2.62 bits per heavy atom. The number of urea groups is 1. The standard InChI is InChI=1S/C18H20N2O2S2/c1-22-16-7-5-13(6-8-16)12-19-18(21)20-15-4-2-3-14(11-15)17-23-9-10-24-17/h2-8,11,17H,9-10,12H2,1H3,(H2,19,20,21). The Hall–Kier alpha value is -1.79. The van der Waals surface area contributed by atoms with Crippen LogP contribution in [0.2, 0.25) is 0 Å². The zero-order valence-corrected chi connectivity index (χ0v) is 15.1. The predicted octanol–water partition coefficient (Wildman–Crippen LogP) is 4.50. The van der Waals surface area contributed by atoms with Gasteiger partial charge < -0.3 is 15.4 Å². The van der Waals surface area contributed by atoms with Crippen LogP contribution in [0.4, 0.5) is 10.5 Å². The van der Waals surface area contributed by atoms with E-state index in [1.54, 1.807) is 7.11 Å². The van der Waals surface area contributed by atoms with Crippen molar-refractivity contribution in [2.45, 2.75) is 11.1 Å². The van der Waals surface area contributed by atoms with Gasteiger partial charge in [-0.25, -0.2) is 4.79 Å². The Labute approximate surface area is 150 Å². The number of ether oxygens (including phenoxy) is 1. The first-order valence-electron chi connectivity index (χ1n) is 7.75. The molecule has 1 heterocycles. The van der Waals surface area contributed by atoms with Crippen LogP contribution >= 0.6 is 23.5 Å². The number of benzene rings is 2. The zero-order chi connectivity index (χ0) is 16.8. The maximum atomic E-state index is 12.1. The minimum Gasteiger partial charge on any atom is -0.497 e.